The van der Waals surface area contributed by atoms with E-state index in [0.717, 1.165) is 22.6 Å². The molecular weight excluding hydrogens is 388 g/mol. The lowest BCUT2D eigenvalue weighted by atomic mass is 10.1. The summed E-state index contributed by atoms with van der Waals surface area (Å²) in [5.74, 6) is -0.244. The average molecular weight is 407 g/mol. The van der Waals surface area contributed by atoms with Crippen molar-refractivity contribution in [3.8, 4) is 6.07 Å². The van der Waals surface area contributed by atoms with Gasteiger partial charge in [0, 0.05) is 17.1 Å². The van der Waals surface area contributed by atoms with E-state index in [-0.39, 0.29) is 11.4 Å². The topological polar surface area (TPSA) is 44.1 Å². The van der Waals surface area contributed by atoms with Crippen LogP contribution in [0.4, 0.5) is 17.1 Å². The molecule has 3 aromatic carbocycles. The highest BCUT2D eigenvalue weighted by atomic mass is 32.1. The van der Waals surface area contributed by atoms with E-state index in [4.69, 9.17) is 0 Å². The number of allylic oxidation sites excluding steroid dienone is 1. The number of carbonyl (C=O) groups is 1. The number of para-hydroxylation sites is 2. The number of ketones is 1. The van der Waals surface area contributed by atoms with Crippen molar-refractivity contribution >= 4 is 40.3 Å². The molecule has 4 aromatic rings. The summed E-state index contributed by atoms with van der Waals surface area (Å²) in [6.45, 7) is 0. The predicted molar refractivity (Wildman–Crippen MR) is 123 cm³/mol. The molecule has 0 aliphatic heterocycles. The summed E-state index contributed by atoms with van der Waals surface area (Å²) in [5.41, 5.74) is 4.04. The Morgan fingerprint density at radius 1 is 0.767 bits per heavy atom. The number of nitrogens with zero attached hydrogens (tertiary/aromatic N) is 2. The number of nitriles is 1. The highest BCUT2D eigenvalue weighted by Crippen LogP contribution is 2.34. The van der Waals surface area contributed by atoms with Gasteiger partial charge in [0.25, 0.3) is 0 Å². The molecule has 0 atom stereocenters. The summed E-state index contributed by atoms with van der Waals surface area (Å²) >= 11 is 1.34. The second kappa shape index (κ2) is 9.04. The van der Waals surface area contributed by atoms with Crippen molar-refractivity contribution in [2.45, 2.75) is 0 Å². The third-order valence-electron chi connectivity index (χ3n) is 4.60. The standard InChI is InChI=1S/C26H18N2OS/c27-19-21(26(29)25-12-7-17-30-25)18-20-13-15-24(16-14-20)28(22-8-3-1-4-9-22)23-10-5-2-6-11-23/h1-18H/b21-18+. The SMILES string of the molecule is N#C/C(=C\c1ccc(N(c2ccccc2)c2ccccc2)cc1)C(=O)c1cccs1. The molecule has 0 N–H and O–H groups in total. The van der Waals surface area contributed by atoms with Crippen LogP contribution >= 0.6 is 11.3 Å². The Kier molecular flexibility index (Phi) is 5.84. The second-order valence-corrected chi connectivity index (χ2v) is 7.52. The third-order valence-corrected chi connectivity index (χ3v) is 5.47. The molecule has 4 heteroatoms. The average Bonchev–Trinajstić information content (AvgIpc) is 3.35. The Morgan fingerprint density at radius 2 is 1.33 bits per heavy atom. The summed E-state index contributed by atoms with van der Waals surface area (Å²) in [6.07, 6.45) is 1.64. The van der Waals surface area contributed by atoms with Crippen LogP contribution in [0.1, 0.15) is 15.2 Å². The van der Waals surface area contributed by atoms with E-state index in [0.29, 0.717) is 4.88 Å². The van der Waals surface area contributed by atoms with E-state index in [1.807, 2.05) is 78.2 Å². The first-order valence-corrected chi connectivity index (χ1v) is 10.3. The first-order chi connectivity index (χ1) is 14.8. The summed E-state index contributed by atoms with van der Waals surface area (Å²) in [5, 5.41) is 11.3. The van der Waals surface area contributed by atoms with E-state index in [1.54, 1.807) is 12.1 Å². The summed E-state index contributed by atoms with van der Waals surface area (Å²) < 4.78 is 0. The number of thiophene rings is 1. The van der Waals surface area contributed by atoms with E-state index >= 15 is 0 Å². The smallest absolute Gasteiger partial charge is 0.213 e. The van der Waals surface area contributed by atoms with Gasteiger partial charge in [0.15, 0.2) is 0 Å². The van der Waals surface area contributed by atoms with Crippen LogP contribution in [0.15, 0.2) is 108 Å². The quantitative estimate of drug-likeness (QED) is 0.196. The maximum atomic E-state index is 12.5. The normalized spacial score (nSPS) is 11.0. The minimum atomic E-state index is -0.244. The lowest BCUT2D eigenvalue weighted by molar-refractivity contribution is 0.104. The van der Waals surface area contributed by atoms with Crippen LogP contribution in [0.5, 0.6) is 0 Å². The van der Waals surface area contributed by atoms with Crippen molar-refractivity contribution < 1.29 is 4.79 Å². The number of anilines is 3. The van der Waals surface area contributed by atoms with Gasteiger partial charge >= 0.3 is 0 Å². The van der Waals surface area contributed by atoms with Crippen molar-refractivity contribution in [3.05, 3.63) is 118 Å². The molecule has 1 heterocycles. The van der Waals surface area contributed by atoms with Gasteiger partial charge in [0.05, 0.1) is 4.88 Å². The van der Waals surface area contributed by atoms with Gasteiger partial charge < -0.3 is 4.90 Å². The third kappa shape index (κ3) is 4.22. The fourth-order valence-electron chi connectivity index (χ4n) is 3.18. The van der Waals surface area contributed by atoms with Gasteiger partial charge in [-0.25, -0.2) is 0 Å². The van der Waals surface area contributed by atoms with Gasteiger partial charge in [-0.05, 0) is 59.5 Å². The minimum Gasteiger partial charge on any atom is -0.311 e. The Hall–Kier alpha value is -3.94. The highest BCUT2D eigenvalue weighted by Gasteiger charge is 2.14. The fourth-order valence-corrected chi connectivity index (χ4v) is 3.85. The van der Waals surface area contributed by atoms with Crippen LogP contribution in [-0.4, -0.2) is 5.78 Å². The molecule has 0 fully saturated rings. The molecule has 0 saturated heterocycles. The zero-order valence-electron chi connectivity index (χ0n) is 16.1. The minimum absolute atomic E-state index is 0.133. The largest absolute Gasteiger partial charge is 0.311 e. The number of carbonyl (C=O) groups excluding carboxylic acids is 1. The van der Waals surface area contributed by atoms with Gasteiger partial charge in [0.2, 0.25) is 5.78 Å². The van der Waals surface area contributed by atoms with Crippen molar-refractivity contribution in [1.82, 2.24) is 0 Å². The Bertz CT molecular complexity index is 1150. The number of Topliss-reactive ketones (excluding diaryl/α,β-unsaturated/α-hetero) is 1. The highest BCUT2D eigenvalue weighted by molar-refractivity contribution is 7.12. The summed E-state index contributed by atoms with van der Waals surface area (Å²) in [7, 11) is 0. The van der Waals surface area contributed by atoms with E-state index in [9.17, 15) is 10.1 Å². The lowest BCUT2D eigenvalue weighted by Crippen LogP contribution is -2.09. The van der Waals surface area contributed by atoms with Crippen LogP contribution in [0.25, 0.3) is 6.08 Å². The lowest BCUT2D eigenvalue weighted by Gasteiger charge is -2.25. The number of benzene rings is 3. The van der Waals surface area contributed by atoms with Crippen LogP contribution in [0.2, 0.25) is 0 Å². The zero-order chi connectivity index (χ0) is 20.8. The summed E-state index contributed by atoms with van der Waals surface area (Å²) in [4.78, 5) is 15.2. The molecule has 0 aliphatic rings. The Balaban J connectivity index is 1.67. The molecule has 0 spiro atoms. The number of hydrogen-bond acceptors (Lipinski definition) is 4. The van der Waals surface area contributed by atoms with Crippen LogP contribution < -0.4 is 4.90 Å². The monoisotopic (exact) mass is 406 g/mol. The second-order valence-electron chi connectivity index (χ2n) is 6.57. The molecule has 0 unspecified atom stereocenters. The van der Waals surface area contributed by atoms with Crippen molar-refractivity contribution in [2.75, 3.05) is 4.90 Å². The van der Waals surface area contributed by atoms with Gasteiger partial charge in [-0.1, -0.05) is 54.6 Å². The maximum absolute atomic E-state index is 12.5. The van der Waals surface area contributed by atoms with Gasteiger partial charge in [0.1, 0.15) is 11.6 Å². The van der Waals surface area contributed by atoms with Gasteiger partial charge in [-0.3, -0.25) is 4.79 Å². The molecule has 0 aliphatic carbocycles. The number of hydrogen-bond donors (Lipinski definition) is 0. The van der Waals surface area contributed by atoms with Crippen molar-refractivity contribution in [2.24, 2.45) is 0 Å². The molecule has 0 bridgehead atoms. The molecule has 144 valence electrons. The summed E-state index contributed by atoms with van der Waals surface area (Å²) in [6, 6.07) is 33.7. The van der Waals surface area contributed by atoms with Crippen molar-refractivity contribution in [1.29, 1.82) is 5.26 Å². The Labute approximate surface area is 179 Å². The number of rotatable bonds is 6. The molecule has 1 aromatic heterocycles. The first kappa shape index (κ1) is 19.4. The van der Waals surface area contributed by atoms with Crippen LogP contribution in [0, 0.1) is 11.3 Å². The van der Waals surface area contributed by atoms with Crippen LogP contribution in [-0.2, 0) is 0 Å². The van der Waals surface area contributed by atoms with Gasteiger partial charge in [-0.15, -0.1) is 11.3 Å². The van der Waals surface area contributed by atoms with E-state index < -0.39 is 0 Å². The first-order valence-electron chi connectivity index (χ1n) is 9.46. The van der Waals surface area contributed by atoms with Crippen molar-refractivity contribution in [3.63, 3.8) is 0 Å². The Morgan fingerprint density at radius 3 is 1.83 bits per heavy atom. The molecule has 0 radical (unpaired) electrons. The fraction of sp³-hybridized carbons (Fsp3) is 0. The predicted octanol–water partition coefficient (Wildman–Crippen LogP) is 7.01. The molecule has 3 nitrogen and oxygen atoms in total. The maximum Gasteiger partial charge on any atom is 0.213 e. The van der Waals surface area contributed by atoms with E-state index in [1.165, 1.54) is 11.3 Å². The molecule has 4 rings (SSSR count). The molecule has 30 heavy (non-hydrogen) atoms. The van der Waals surface area contributed by atoms with E-state index in [2.05, 4.69) is 29.2 Å². The van der Waals surface area contributed by atoms with Crippen LogP contribution in [0.3, 0.4) is 0 Å². The molecule has 0 amide bonds. The molecular formula is C26H18N2OS. The molecule has 0 saturated carbocycles. The zero-order valence-corrected chi connectivity index (χ0v) is 16.9. The van der Waals surface area contributed by atoms with Gasteiger partial charge in [-0.2, -0.15) is 5.26 Å².